The normalized spacial score (nSPS) is 18.5. The molecule has 1 fully saturated rings. The molecule has 4 heteroatoms. The molecule has 1 aliphatic carbocycles. The Balaban J connectivity index is 2.35. The maximum absolute atomic E-state index is 11.9. The average Bonchev–Trinajstić information content (AvgIpc) is 3.08. The molecular formula is C13H23NO3. The lowest BCUT2D eigenvalue weighted by atomic mass is 9.98. The van der Waals surface area contributed by atoms with Gasteiger partial charge in [-0.15, -0.1) is 0 Å². The minimum absolute atomic E-state index is 0.0217. The number of rotatable bonds is 8. The average molecular weight is 241 g/mol. The zero-order valence-electron chi connectivity index (χ0n) is 10.8. The van der Waals surface area contributed by atoms with Crippen LogP contribution in [0.4, 0.5) is 0 Å². The number of hydrogen-bond donors (Lipinski definition) is 2. The van der Waals surface area contributed by atoms with Gasteiger partial charge in [-0.1, -0.05) is 26.7 Å². The van der Waals surface area contributed by atoms with E-state index in [1.54, 1.807) is 0 Å². The number of carboxylic acids is 1. The van der Waals surface area contributed by atoms with Gasteiger partial charge in [-0.05, 0) is 25.7 Å². The van der Waals surface area contributed by atoms with E-state index in [1.807, 2.05) is 6.92 Å². The molecule has 98 valence electrons. The highest BCUT2D eigenvalue weighted by Crippen LogP contribution is 2.45. The zero-order chi connectivity index (χ0) is 12.9. The number of nitrogens with one attached hydrogen (secondary N) is 1. The molecule has 1 saturated carbocycles. The van der Waals surface area contributed by atoms with Crippen LogP contribution in [0, 0.1) is 11.3 Å². The zero-order valence-corrected chi connectivity index (χ0v) is 10.8. The number of hydrogen-bond acceptors (Lipinski definition) is 2. The van der Waals surface area contributed by atoms with Gasteiger partial charge in [0.15, 0.2) is 0 Å². The monoisotopic (exact) mass is 241 g/mol. The van der Waals surface area contributed by atoms with E-state index in [4.69, 9.17) is 5.11 Å². The first-order valence-electron chi connectivity index (χ1n) is 6.57. The molecule has 0 radical (unpaired) electrons. The van der Waals surface area contributed by atoms with Gasteiger partial charge in [0.05, 0.1) is 5.41 Å². The first-order chi connectivity index (χ1) is 8.05. The Kier molecular flexibility index (Phi) is 4.97. The maximum atomic E-state index is 11.9. The van der Waals surface area contributed by atoms with Crippen molar-refractivity contribution in [1.82, 2.24) is 5.32 Å². The third kappa shape index (κ3) is 3.72. The molecule has 17 heavy (non-hydrogen) atoms. The number of carbonyl (C=O) groups excluding carboxylic acids is 1. The summed E-state index contributed by atoms with van der Waals surface area (Å²) in [6, 6.07) is 0. The molecule has 0 aromatic heterocycles. The maximum Gasteiger partial charge on any atom is 0.311 e. The molecule has 0 spiro atoms. The molecule has 1 atom stereocenters. The number of unbranched alkanes of at least 4 members (excludes halogenated alkanes) is 1. The Bertz CT molecular complexity index is 284. The van der Waals surface area contributed by atoms with Crippen molar-refractivity contribution in [2.45, 2.75) is 52.4 Å². The molecule has 0 bridgehead atoms. The molecular weight excluding hydrogens is 218 g/mol. The summed E-state index contributed by atoms with van der Waals surface area (Å²) in [5.41, 5.74) is -0.654. The fourth-order valence-electron chi connectivity index (χ4n) is 1.99. The SMILES string of the molecule is CCCCC(CC)C(=O)NCC1(C(=O)O)CC1. The Labute approximate surface area is 103 Å². The summed E-state index contributed by atoms with van der Waals surface area (Å²) in [6.07, 6.45) is 5.24. The van der Waals surface area contributed by atoms with Crippen LogP contribution in [0.25, 0.3) is 0 Å². The van der Waals surface area contributed by atoms with Crippen molar-refractivity contribution in [2.24, 2.45) is 11.3 Å². The van der Waals surface area contributed by atoms with E-state index in [2.05, 4.69) is 12.2 Å². The van der Waals surface area contributed by atoms with Crippen LogP contribution in [-0.2, 0) is 9.59 Å². The third-order valence-electron chi connectivity index (χ3n) is 3.68. The Morgan fingerprint density at radius 1 is 1.35 bits per heavy atom. The van der Waals surface area contributed by atoms with Crippen LogP contribution in [0.1, 0.15) is 52.4 Å². The van der Waals surface area contributed by atoms with E-state index in [1.165, 1.54) is 0 Å². The lowest BCUT2D eigenvalue weighted by Gasteiger charge is -2.16. The van der Waals surface area contributed by atoms with Crippen molar-refractivity contribution in [3.05, 3.63) is 0 Å². The van der Waals surface area contributed by atoms with Gasteiger partial charge >= 0.3 is 5.97 Å². The third-order valence-corrected chi connectivity index (χ3v) is 3.68. The molecule has 1 aliphatic rings. The van der Waals surface area contributed by atoms with Crippen molar-refractivity contribution >= 4 is 11.9 Å². The quantitative estimate of drug-likeness (QED) is 0.684. The molecule has 0 saturated heterocycles. The summed E-state index contributed by atoms with van der Waals surface area (Å²) in [5.74, 6) is -0.715. The highest BCUT2D eigenvalue weighted by Gasteiger charge is 2.50. The second-order valence-electron chi connectivity index (χ2n) is 5.05. The molecule has 1 amide bonds. The van der Waals surface area contributed by atoms with Crippen molar-refractivity contribution in [1.29, 1.82) is 0 Å². The van der Waals surface area contributed by atoms with Gasteiger partial charge in [0.25, 0.3) is 0 Å². The van der Waals surface area contributed by atoms with E-state index < -0.39 is 11.4 Å². The second-order valence-corrected chi connectivity index (χ2v) is 5.05. The molecule has 0 aromatic carbocycles. The van der Waals surface area contributed by atoms with Gasteiger partial charge in [-0.25, -0.2) is 0 Å². The minimum Gasteiger partial charge on any atom is -0.481 e. The van der Waals surface area contributed by atoms with Gasteiger partial charge in [0, 0.05) is 12.5 Å². The van der Waals surface area contributed by atoms with Gasteiger partial charge in [-0.2, -0.15) is 0 Å². The highest BCUT2D eigenvalue weighted by molar-refractivity contribution is 5.82. The Morgan fingerprint density at radius 2 is 2.00 bits per heavy atom. The van der Waals surface area contributed by atoms with Crippen LogP contribution >= 0.6 is 0 Å². The summed E-state index contributed by atoms with van der Waals surface area (Å²) in [5, 5.41) is 11.8. The molecule has 0 aromatic rings. The number of aliphatic carboxylic acids is 1. The highest BCUT2D eigenvalue weighted by atomic mass is 16.4. The van der Waals surface area contributed by atoms with Crippen LogP contribution < -0.4 is 5.32 Å². The van der Waals surface area contributed by atoms with Crippen LogP contribution in [0.3, 0.4) is 0 Å². The summed E-state index contributed by atoms with van der Waals surface area (Å²) in [4.78, 5) is 22.8. The van der Waals surface area contributed by atoms with Gasteiger partial charge in [0.2, 0.25) is 5.91 Å². The summed E-state index contributed by atoms with van der Waals surface area (Å²) in [6.45, 7) is 4.40. The molecule has 0 aliphatic heterocycles. The first kappa shape index (κ1) is 14.0. The summed E-state index contributed by atoms with van der Waals surface area (Å²) in [7, 11) is 0. The van der Waals surface area contributed by atoms with E-state index in [0.29, 0.717) is 19.4 Å². The van der Waals surface area contributed by atoms with Crippen molar-refractivity contribution < 1.29 is 14.7 Å². The number of carboxylic acid groups (broad SMARTS) is 1. The summed E-state index contributed by atoms with van der Waals surface area (Å²) < 4.78 is 0. The predicted molar refractivity (Wildman–Crippen MR) is 65.6 cm³/mol. The van der Waals surface area contributed by atoms with Crippen LogP contribution in [0.2, 0.25) is 0 Å². The lowest BCUT2D eigenvalue weighted by Crippen LogP contribution is -2.37. The van der Waals surface area contributed by atoms with Crippen LogP contribution in [0.15, 0.2) is 0 Å². The van der Waals surface area contributed by atoms with Crippen molar-refractivity contribution in [2.75, 3.05) is 6.54 Å². The van der Waals surface area contributed by atoms with E-state index in [-0.39, 0.29) is 11.8 Å². The standard InChI is InChI=1S/C13H23NO3/c1-3-5-6-10(4-2)11(15)14-9-13(7-8-13)12(16)17/h10H,3-9H2,1-2H3,(H,14,15)(H,16,17). The fraction of sp³-hybridized carbons (Fsp3) is 0.846. The smallest absolute Gasteiger partial charge is 0.311 e. The topological polar surface area (TPSA) is 66.4 Å². The lowest BCUT2D eigenvalue weighted by molar-refractivity contribution is -0.143. The number of carbonyl (C=O) groups is 2. The molecule has 0 heterocycles. The van der Waals surface area contributed by atoms with Gasteiger partial charge in [-0.3, -0.25) is 9.59 Å². The van der Waals surface area contributed by atoms with E-state index >= 15 is 0 Å². The number of amides is 1. The van der Waals surface area contributed by atoms with E-state index in [0.717, 1.165) is 25.7 Å². The van der Waals surface area contributed by atoms with Crippen molar-refractivity contribution in [3.8, 4) is 0 Å². The molecule has 1 rings (SSSR count). The fourth-order valence-corrected chi connectivity index (χ4v) is 1.99. The van der Waals surface area contributed by atoms with Gasteiger partial charge < -0.3 is 10.4 Å². The van der Waals surface area contributed by atoms with Crippen molar-refractivity contribution in [3.63, 3.8) is 0 Å². The minimum atomic E-state index is -0.778. The molecule has 2 N–H and O–H groups in total. The first-order valence-corrected chi connectivity index (χ1v) is 6.57. The Hall–Kier alpha value is -1.06. The van der Waals surface area contributed by atoms with Crippen LogP contribution in [-0.4, -0.2) is 23.5 Å². The summed E-state index contributed by atoms with van der Waals surface area (Å²) >= 11 is 0. The molecule has 1 unspecified atom stereocenters. The predicted octanol–water partition coefficient (Wildman–Crippen LogP) is 2.18. The van der Waals surface area contributed by atoms with Gasteiger partial charge in [0.1, 0.15) is 0 Å². The van der Waals surface area contributed by atoms with Crippen LogP contribution in [0.5, 0.6) is 0 Å². The van der Waals surface area contributed by atoms with E-state index in [9.17, 15) is 9.59 Å². The Morgan fingerprint density at radius 3 is 2.41 bits per heavy atom. The largest absolute Gasteiger partial charge is 0.481 e. The second kappa shape index (κ2) is 6.03. The molecule has 4 nitrogen and oxygen atoms in total.